The van der Waals surface area contributed by atoms with Crippen LogP contribution >= 0.6 is 11.8 Å². The molecule has 4 aromatic rings. The summed E-state index contributed by atoms with van der Waals surface area (Å²) in [5.74, 6) is 0.732. The average molecular weight is 503 g/mol. The lowest BCUT2D eigenvalue weighted by Crippen LogP contribution is -2.31. The number of nitrogens with zero attached hydrogens (tertiary/aromatic N) is 3. The number of aliphatic hydroxyl groups is 1. The third-order valence-corrected chi connectivity index (χ3v) is 7.50. The molecule has 1 aliphatic rings. The monoisotopic (exact) mass is 502 g/mol. The van der Waals surface area contributed by atoms with E-state index in [0.29, 0.717) is 6.54 Å². The second-order valence-corrected chi connectivity index (χ2v) is 9.90. The van der Waals surface area contributed by atoms with Crippen LogP contribution in [0.5, 0.6) is 0 Å². The van der Waals surface area contributed by atoms with Gasteiger partial charge in [-0.25, -0.2) is 0 Å². The van der Waals surface area contributed by atoms with E-state index in [1.807, 2.05) is 60.1 Å². The van der Waals surface area contributed by atoms with E-state index < -0.39 is 6.29 Å². The molecule has 0 unspecified atom stereocenters. The molecule has 0 spiro atoms. The summed E-state index contributed by atoms with van der Waals surface area (Å²) in [6.07, 6.45) is 1.73. The van der Waals surface area contributed by atoms with Crippen molar-refractivity contribution < 1.29 is 14.6 Å². The predicted octanol–water partition coefficient (Wildman–Crippen LogP) is 4.77. The van der Waals surface area contributed by atoms with Crippen LogP contribution in [0.2, 0.25) is 0 Å². The van der Waals surface area contributed by atoms with Gasteiger partial charge in [0.15, 0.2) is 11.4 Å². The summed E-state index contributed by atoms with van der Waals surface area (Å²) >= 11 is 1.63. The maximum atomic E-state index is 9.43. The lowest BCUT2D eigenvalue weighted by molar-refractivity contribution is -0.245. The Labute approximate surface area is 215 Å². The van der Waals surface area contributed by atoms with E-state index in [1.165, 1.54) is 0 Å². The van der Waals surface area contributed by atoms with Gasteiger partial charge in [0.2, 0.25) is 0 Å². The number of aromatic nitrogens is 3. The molecule has 3 atom stereocenters. The first-order valence-electron chi connectivity index (χ1n) is 12.0. The number of hydrogen-bond donors (Lipinski definition) is 2. The highest BCUT2D eigenvalue weighted by atomic mass is 32.2. The van der Waals surface area contributed by atoms with Crippen LogP contribution in [0.3, 0.4) is 0 Å². The second kappa shape index (κ2) is 11.4. The minimum absolute atomic E-state index is 0.0205. The van der Waals surface area contributed by atoms with Gasteiger partial charge in [-0.15, -0.1) is 10.2 Å². The molecule has 1 saturated heterocycles. The first-order valence-corrected chi connectivity index (χ1v) is 13.0. The number of hydrogen-bond acceptors (Lipinski definition) is 7. The van der Waals surface area contributed by atoms with Crippen LogP contribution in [0, 0.1) is 0 Å². The molecule has 0 aliphatic carbocycles. The number of thioether (sulfide) groups is 1. The lowest BCUT2D eigenvalue weighted by Gasteiger charge is -2.36. The van der Waals surface area contributed by atoms with Gasteiger partial charge in [-0.05, 0) is 39.9 Å². The second-order valence-electron chi connectivity index (χ2n) is 8.92. The van der Waals surface area contributed by atoms with Gasteiger partial charge in [-0.1, -0.05) is 72.4 Å². The number of nitrogens with two attached hydrogens (primary N) is 1. The highest BCUT2D eigenvalue weighted by Crippen LogP contribution is 2.40. The smallest absolute Gasteiger partial charge is 0.190 e. The fourth-order valence-electron chi connectivity index (χ4n) is 4.34. The van der Waals surface area contributed by atoms with Crippen LogP contribution in [0.15, 0.2) is 84.3 Å². The van der Waals surface area contributed by atoms with Crippen LogP contribution in [-0.4, -0.2) is 31.7 Å². The van der Waals surface area contributed by atoms with Crippen molar-refractivity contribution in [3.63, 3.8) is 0 Å². The van der Waals surface area contributed by atoms with Gasteiger partial charge in [-0.2, -0.15) is 0 Å². The van der Waals surface area contributed by atoms with Crippen molar-refractivity contribution >= 4 is 11.8 Å². The first-order chi connectivity index (χ1) is 17.6. The number of aliphatic hydroxyl groups excluding tert-OH is 1. The summed E-state index contributed by atoms with van der Waals surface area (Å²) in [5.41, 5.74) is 12.1. The maximum Gasteiger partial charge on any atom is 0.190 e. The molecule has 0 bridgehead atoms. The maximum absolute atomic E-state index is 9.43. The summed E-state index contributed by atoms with van der Waals surface area (Å²) < 4.78 is 14.9. The zero-order valence-electron chi connectivity index (χ0n) is 20.2. The van der Waals surface area contributed by atoms with Gasteiger partial charge >= 0.3 is 0 Å². The van der Waals surface area contributed by atoms with Crippen molar-refractivity contribution in [1.29, 1.82) is 0 Å². The van der Waals surface area contributed by atoms with Gasteiger partial charge in [0, 0.05) is 31.3 Å². The van der Waals surface area contributed by atoms with E-state index in [0.717, 1.165) is 50.7 Å². The highest BCUT2D eigenvalue weighted by Gasteiger charge is 2.32. The molecule has 1 fully saturated rings. The van der Waals surface area contributed by atoms with Gasteiger partial charge < -0.3 is 24.9 Å². The topological polar surface area (TPSA) is 95.4 Å². The van der Waals surface area contributed by atoms with Crippen molar-refractivity contribution in [1.82, 2.24) is 14.8 Å². The lowest BCUT2D eigenvalue weighted by atomic mass is 9.99. The van der Waals surface area contributed by atoms with E-state index in [-0.39, 0.29) is 18.8 Å². The Morgan fingerprint density at radius 3 is 2.47 bits per heavy atom. The van der Waals surface area contributed by atoms with E-state index in [1.54, 1.807) is 18.1 Å². The zero-order chi connectivity index (χ0) is 24.9. The van der Waals surface area contributed by atoms with Crippen LogP contribution in [-0.2, 0) is 29.7 Å². The van der Waals surface area contributed by atoms with E-state index in [9.17, 15) is 5.11 Å². The first kappa shape index (κ1) is 24.7. The molecule has 0 radical (unpaired) electrons. The standard InChI is InChI=1S/C28H30N4O3S/c1-32-18-30-31-28(32)36-17-25-14-26(21-10-8-19(16-33)9-11-21)35-27(34-25)24-7-3-6-23(13-24)22-5-2-4-20(12-22)15-29/h2-13,18,25-27,33H,14-17,29H2,1H3/t25-,26+,27+/m1/s1. The fraction of sp³-hybridized carbons (Fsp3) is 0.286. The Morgan fingerprint density at radius 2 is 1.75 bits per heavy atom. The van der Waals surface area contributed by atoms with Crippen molar-refractivity contribution in [3.05, 3.63) is 101 Å². The van der Waals surface area contributed by atoms with Crippen molar-refractivity contribution in [3.8, 4) is 11.1 Å². The summed E-state index contributed by atoms with van der Waals surface area (Å²) in [6, 6.07) is 24.5. The number of benzene rings is 3. The summed E-state index contributed by atoms with van der Waals surface area (Å²) in [6.45, 7) is 0.524. The molecule has 2 heterocycles. The number of rotatable bonds is 8. The molecule has 1 aromatic heterocycles. The Balaban J connectivity index is 1.41. The van der Waals surface area contributed by atoms with Crippen molar-refractivity contribution in [2.45, 2.75) is 43.2 Å². The normalized spacial score (nSPS) is 19.9. The molecule has 3 aromatic carbocycles. The van der Waals surface area contributed by atoms with Crippen molar-refractivity contribution in [2.75, 3.05) is 5.75 Å². The van der Waals surface area contributed by atoms with E-state index in [4.69, 9.17) is 15.2 Å². The van der Waals surface area contributed by atoms with Gasteiger partial charge in [0.25, 0.3) is 0 Å². The molecule has 3 N–H and O–H groups in total. The minimum atomic E-state index is -0.510. The SMILES string of the molecule is Cn1cnnc1SC[C@H]1C[C@@H](c2ccc(CO)cc2)O[C@@H](c2cccc(-c3cccc(CN)c3)c2)O1. The molecule has 0 amide bonds. The van der Waals surface area contributed by atoms with Crippen LogP contribution < -0.4 is 5.73 Å². The number of aryl methyl sites for hydroxylation is 1. The number of ether oxygens (including phenoxy) is 2. The summed E-state index contributed by atoms with van der Waals surface area (Å²) in [7, 11) is 1.94. The van der Waals surface area contributed by atoms with Gasteiger partial charge in [0.05, 0.1) is 18.8 Å². The minimum Gasteiger partial charge on any atom is -0.392 e. The summed E-state index contributed by atoms with van der Waals surface area (Å²) in [5, 5.41) is 18.5. The molecular formula is C28H30N4O3S. The van der Waals surface area contributed by atoms with Crippen LogP contribution in [0.25, 0.3) is 11.1 Å². The molecule has 1 aliphatic heterocycles. The van der Waals surface area contributed by atoms with E-state index in [2.05, 4.69) is 34.5 Å². The molecule has 7 nitrogen and oxygen atoms in total. The molecule has 186 valence electrons. The van der Waals surface area contributed by atoms with Crippen LogP contribution in [0.4, 0.5) is 0 Å². The van der Waals surface area contributed by atoms with Gasteiger partial charge in [0.1, 0.15) is 6.33 Å². The zero-order valence-corrected chi connectivity index (χ0v) is 21.0. The molecule has 0 saturated carbocycles. The highest BCUT2D eigenvalue weighted by molar-refractivity contribution is 7.99. The Bertz CT molecular complexity index is 1290. The Kier molecular flexibility index (Phi) is 7.79. The van der Waals surface area contributed by atoms with Crippen molar-refractivity contribution in [2.24, 2.45) is 12.8 Å². The van der Waals surface area contributed by atoms with Crippen LogP contribution in [0.1, 0.15) is 41.1 Å². The molecule has 36 heavy (non-hydrogen) atoms. The Morgan fingerprint density at radius 1 is 0.972 bits per heavy atom. The third-order valence-electron chi connectivity index (χ3n) is 6.34. The fourth-order valence-corrected chi connectivity index (χ4v) is 5.24. The molecule has 8 heteroatoms. The predicted molar refractivity (Wildman–Crippen MR) is 140 cm³/mol. The van der Waals surface area contributed by atoms with E-state index >= 15 is 0 Å². The van der Waals surface area contributed by atoms with Gasteiger partial charge in [-0.3, -0.25) is 0 Å². The average Bonchev–Trinajstić information content (AvgIpc) is 3.36. The largest absolute Gasteiger partial charge is 0.392 e. The Hall–Kier alpha value is -3.01. The third kappa shape index (κ3) is 5.69. The molecular weight excluding hydrogens is 472 g/mol. The summed E-state index contributed by atoms with van der Waals surface area (Å²) in [4.78, 5) is 0. The molecule has 5 rings (SSSR count). The quantitative estimate of drug-likeness (QED) is 0.335.